The first kappa shape index (κ1) is 13.1. The highest BCUT2D eigenvalue weighted by atomic mass is 19.1. The third kappa shape index (κ3) is 2.89. The summed E-state index contributed by atoms with van der Waals surface area (Å²) >= 11 is 0. The summed E-state index contributed by atoms with van der Waals surface area (Å²) in [6, 6.07) is 4.29. The number of aryl methyl sites for hydroxylation is 1. The van der Waals surface area contributed by atoms with Crippen LogP contribution in [0.1, 0.15) is 48.5 Å². The number of hydrogen-bond donors (Lipinski definition) is 1. The van der Waals surface area contributed by atoms with Crippen LogP contribution in [0.2, 0.25) is 0 Å². The van der Waals surface area contributed by atoms with E-state index in [9.17, 15) is 9.18 Å². The second-order valence-corrected chi connectivity index (χ2v) is 5.39. The van der Waals surface area contributed by atoms with E-state index in [-0.39, 0.29) is 11.7 Å². The minimum atomic E-state index is -0.298. The monoisotopic (exact) mass is 249 g/mol. The molecule has 1 aliphatic rings. The van der Waals surface area contributed by atoms with E-state index in [1.807, 2.05) is 0 Å². The van der Waals surface area contributed by atoms with E-state index in [1.54, 1.807) is 13.0 Å². The molecule has 1 aromatic carbocycles. The number of amides is 1. The quantitative estimate of drug-likeness (QED) is 0.851. The van der Waals surface area contributed by atoms with Crippen molar-refractivity contribution in [3.63, 3.8) is 0 Å². The van der Waals surface area contributed by atoms with Crippen molar-refractivity contribution in [3.05, 3.63) is 35.1 Å². The van der Waals surface area contributed by atoms with Crippen LogP contribution in [-0.4, -0.2) is 12.5 Å². The first-order chi connectivity index (χ1) is 8.56. The molecule has 3 heteroatoms. The number of carbonyl (C=O) groups is 1. The minimum absolute atomic E-state index is 0.0881. The Kier molecular flexibility index (Phi) is 3.69. The van der Waals surface area contributed by atoms with Gasteiger partial charge in [0.15, 0.2) is 0 Å². The number of hydrogen-bond acceptors (Lipinski definition) is 1. The van der Waals surface area contributed by atoms with Crippen molar-refractivity contribution < 1.29 is 9.18 Å². The molecule has 1 N–H and O–H groups in total. The average Bonchev–Trinajstić information content (AvgIpc) is 3.07. The van der Waals surface area contributed by atoms with Crippen LogP contribution in [0, 0.1) is 18.2 Å². The zero-order valence-corrected chi connectivity index (χ0v) is 11.1. The molecular formula is C15H20FNO. The Morgan fingerprint density at radius 2 is 2.17 bits per heavy atom. The van der Waals surface area contributed by atoms with E-state index in [0.29, 0.717) is 16.5 Å². The zero-order chi connectivity index (χ0) is 13.2. The first-order valence-electron chi connectivity index (χ1n) is 6.61. The van der Waals surface area contributed by atoms with Crippen LogP contribution in [0.5, 0.6) is 0 Å². The Balaban J connectivity index is 1.96. The van der Waals surface area contributed by atoms with Gasteiger partial charge in [-0.15, -0.1) is 0 Å². The summed E-state index contributed by atoms with van der Waals surface area (Å²) in [5, 5.41) is 2.99. The van der Waals surface area contributed by atoms with Crippen LogP contribution in [0.25, 0.3) is 0 Å². The predicted octanol–water partition coefficient (Wildman–Crippen LogP) is 3.44. The van der Waals surface area contributed by atoms with Crippen molar-refractivity contribution in [3.8, 4) is 0 Å². The summed E-state index contributed by atoms with van der Waals surface area (Å²) in [4.78, 5) is 12.0. The van der Waals surface area contributed by atoms with Crippen molar-refractivity contribution in [2.24, 2.45) is 5.41 Å². The number of carbonyl (C=O) groups excluding carboxylic acids is 1. The molecule has 18 heavy (non-hydrogen) atoms. The van der Waals surface area contributed by atoms with Crippen LogP contribution < -0.4 is 5.32 Å². The second-order valence-electron chi connectivity index (χ2n) is 5.39. The predicted molar refractivity (Wildman–Crippen MR) is 70.0 cm³/mol. The molecule has 0 heterocycles. The fourth-order valence-electron chi connectivity index (χ4n) is 2.47. The van der Waals surface area contributed by atoms with Crippen LogP contribution in [0.3, 0.4) is 0 Å². The molecule has 0 radical (unpaired) electrons. The Hall–Kier alpha value is -1.38. The molecule has 2 rings (SSSR count). The summed E-state index contributed by atoms with van der Waals surface area (Å²) in [5.74, 6) is -0.386. The Morgan fingerprint density at radius 1 is 1.44 bits per heavy atom. The van der Waals surface area contributed by atoms with Gasteiger partial charge in [-0.1, -0.05) is 13.3 Å². The molecule has 0 aromatic heterocycles. The van der Waals surface area contributed by atoms with E-state index in [1.165, 1.54) is 31.4 Å². The molecule has 98 valence electrons. The van der Waals surface area contributed by atoms with Gasteiger partial charge >= 0.3 is 0 Å². The number of rotatable bonds is 5. The van der Waals surface area contributed by atoms with Gasteiger partial charge in [0.2, 0.25) is 0 Å². The van der Waals surface area contributed by atoms with E-state index in [4.69, 9.17) is 0 Å². The van der Waals surface area contributed by atoms with Crippen molar-refractivity contribution in [2.45, 2.75) is 39.5 Å². The minimum Gasteiger partial charge on any atom is -0.351 e. The van der Waals surface area contributed by atoms with Gasteiger partial charge in [-0.05, 0) is 55.4 Å². The highest BCUT2D eigenvalue weighted by molar-refractivity contribution is 5.95. The highest BCUT2D eigenvalue weighted by Gasteiger charge is 2.41. The van der Waals surface area contributed by atoms with Gasteiger partial charge in [0.25, 0.3) is 5.91 Å². The molecule has 0 atom stereocenters. The molecule has 1 amide bonds. The molecule has 0 unspecified atom stereocenters. The molecule has 1 fully saturated rings. The number of benzene rings is 1. The zero-order valence-electron chi connectivity index (χ0n) is 11.1. The average molecular weight is 249 g/mol. The maximum atomic E-state index is 13.0. The van der Waals surface area contributed by atoms with Gasteiger partial charge in [-0.3, -0.25) is 4.79 Å². The SMILES string of the molecule is CCCC1(CNC(=O)c2ccc(F)cc2C)CC1. The second kappa shape index (κ2) is 5.09. The van der Waals surface area contributed by atoms with Crippen LogP contribution >= 0.6 is 0 Å². The molecule has 1 saturated carbocycles. The van der Waals surface area contributed by atoms with Crippen LogP contribution in [-0.2, 0) is 0 Å². The topological polar surface area (TPSA) is 29.1 Å². The summed E-state index contributed by atoms with van der Waals surface area (Å²) in [6.07, 6.45) is 4.76. The van der Waals surface area contributed by atoms with E-state index in [2.05, 4.69) is 12.2 Å². The van der Waals surface area contributed by atoms with Crippen molar-refractivity contribution in [1.29, 1.82) is 0 Å². The summed E-state index contributed by atoms with van der Waals surface area (Å²) in [5.41, 5.74) is 1.61. The van der Waals surface area contributed by atoms with Gasteiger partial charge in [-0.25, -0.2) is 4.39 Å². The standard InChI is InChI=1S/C15H20FNO/c1-3-6-15(7-8-15)10-17-14(18)13-5-4-12(16)9-11(13)2/h4-5,9H,3,6-8,10H2,1-2H3,(H,17,18). The van der Waals surface area contributed by atoms with E-state index in [0.717, 1.165) is 13.0 Å². The van der Waals surface area contributed by atoms with Gasteiger partial charge in [0, 0.05) is 12.1 Å². The third-order valence-electron chi connectivity index (χ3n) is 3.79. The first-order valence-corrected chi connectivity index (χ1v) is 6.61. The van der Waals surface area contributed by atoms with Crippen molar-refractivity contribution in [1.82, 2.24) is 5.32 Å². The Bertz CT molecular complexity index is 452. The van der Waals surface area contributed by atoms with Gasteiger partial charge in [0.1, 0.15) is 5.82 Å². The molecule has 2 nitrogen and oxygen atoms in total. The number of halogens is 1. The summed E-state index contributed by atoms with van der Waals surface area (Å²) in [7, 11) is 0. The Morgan fingerprint density at radius 3 is 2.72 bits per heavy atom. The lowest BCUT2D eigenvalue weighted by molar-refractivity contribution is 0.0943. The van der Waals surface area contributed by atoms with Gasteiger partial charge < -0.3 is 5.32 Å². The molecule has 1 aromatic rings. The normalized spacial score (nSPS) is 16.4. The fraction of sp³-hybridized carbons (Fsp3) is 0.533. The third-order valence-corrected chi connectivity index (χ3v) is 3.79. The van der Waals surface area contributed by atoms with Gasteiger partial charge in [0.05, 0.1) is 0 Å². The largest absolute Gasteiger partial charge is 0.351 e. The lowest BCUT2D eigenvalue weighted by Crippen LogP contribution is -2.30. The van der Waals surface area contributed by atoms with Crippen LogP contribution in [0.4, 0.5) is 4.39 Å². The van der Waals surface area contributed by atoms with Crippen molar-refractivity contribution in [2.75, 3.05) is 6.54 Å². The molecular weight excluding hydrogens is 229 g/mol. The molecule has 0 saturated heterocycles. The van der Waals surface area contributed by atoms with E-state index < -0.39 is 0 Å². The maximum Gasteiger partial charge on any atom is 0.251 e. The highest BCUT2D eigenvalue weighted by Crippen LogP contribution is 2.48. The lowest BCUT2D eigenvalue weighted by atomic mass is 10.0. The molecule has 0 spiro atoms. The lowest BCUT2D eigenvalue weighted by Gasteiger charge is -2.15. The maximum absolute atomic E-state index is 13.0. The van der Waals surface area contributed by atoms with E-state index >= 15 is 0 Å². The Labute approximate surface area is 108 Å². The smallest absolute Gasteiger partial charge is 0.251 e. The molecule has 0 bridgehead atoms. The van der Waals surface area contributed by atoms with Crippen LogP contribution in [0.15, 0.2) is 18.2 Å². The fourth-order valence-corrected chi connectivity index (χ4v) is 2.47. The molecule has 0 aliphatic heterocycles. The van der Waals surface area contributed by atoms with Crippen molar-refractivity contribution >= 4 is 5.91 Å². The van der Waals surface area contributed by atoms with Gasteiger partial charge in [-0.2, -0.15) is 0 Å². The summed E-state index contributed by atoms with van der Waals surface area (Å²) < 4.78 is 13.0. The summed E-state index contributed by atoms with van der Waals surface area (Å²) in [6.45, 7) is 4.68. The number of nitrogens with one attached hydrogen (secondary N) is 1. The molecule has 1 aliphatic carbocycles.